The minimum Gasteiger partial charge on any atom is -0.367 e. The Labute approximate surface area is 148 Å². The van der Waals surface area contributed by atoms with Crippen LogP contribution in [0.5, 0.6) is 0 Å². The monoisotopic (exact) mass is 343 g/mol. The number of hydrogen-bond acceptors (Lipinski definition) is 2. The van der Waals surface area contributed by atoms with Gasteiger partial charge < -0.3 is 15.1 Å². The lowest BCUT2D eigenvalue weighted by Gasteiger charge is -2.36. The maximum absolute atomic E-state index is 12.5. The normalized spacial score (nSPS) is 15.9. The number of nitrogens with zero attached hydrogens (tertiary/aromatic N) is 2. The van der Waals surface area contributed by atoms with Crippen LogP contribution in [0.1, 0.15) is 18.5 Å². The van der Waals surface area contributed by atoms with Gasteiger partial charge in [0.1, 0.15) is 0 Å². The van der Waals surface area contributed by atoms with E-state index in [0.717, 1.165) is 29.4 Å². The fraction of sp³-hybridized carbons (Fsp3) is 0.316. The Balaban J connectivity index is 1.55. The highest BCUT2D eigenvalue weighted by Gasteiger charge is 2.23. The van der Waals surface area contributed by atoms with Crippen LogP contribution in [-0.4, -0.2) is 37.1 Å². The first-order valence-electron chi connectivity index (χ1n) is 8.25. The van der Waals surface area contributed by atoms with Crippen molar-refractivity contribution in [2.45, 2.75) is 13.0 Å². The molecule has 0 saturated carbocycles. The lowest BCUT2D eigenvalue weighted by atomic mass is 10.1. The number of carbonyl (C=O) groups excluding carboxylic acids is 1. The Morgan fingerprint density at radius 2 is 1.62 bits per heavy atom. The SMILES string of the molecule is CC(NC(=O)N1CCN(c2ccccc2Cl)CC1)c1ccccc1. The predicted octanol–water partition coefficient (Wildman–Crippen LogP) is 3.93. The van der Waals surface area contributed by atoms with Gasteiger partial charge in [-0.05, 0) is 24.6 Å². The lowest BCUT2D eigenvalue weighted by Crippen LogP contribution is -2.52. The second-order valence-corrected chi connectivity index (χ2v) is 6.41. The molecule has 1 aliphatic rings. The molecule has 1 aliphatic heterocycles. The van der Waals surface area contributed by atoms with E-state index in [1.165, 1.54) is 0 Å². The van der Waals surface area contributed by atoms with Crippen molar-refractivity contribution in [3.63, 3.8) is 0 Å². The van der Waals surface area contributed by atoms with E-state index in [4.69, 9.17) is 11.6 Å². The highest BCUT2D eigenvalue weighted by molar-refractivity contribution is 6.33. The van der Waals surface area contributed by atoms with Crippen LogP contribution >= 0.6 is 11.6 Å². The summed E-state index contributed by atoms with van der Waals surface area (Å²) in [5.41, 5.74) is 2.15. The van der Waals surface area contributed by atoms with E-state index in [9.17, 15) is 4.79 Å². The molecule has 3 rings (SSSR count). The van der Waals surface area contributed by atoms with Crippen LogP contribution in [0.3, 0.4) is 0 Å². The number of piperazine rings is 1. The fourth-order valence-electron chi connectivity index (χ4n) is 2.96. The topological polar surface area (TPSA) is 35.6 Å². The summed E-state index contributed by atoms with van der Waals surface area (Å²) in [6, 6.07) is 17.8. The van der Waals surface area contributed by atoms with Gasteiger partial charge in [-0.15, -0.1) is 0 Å². The molecule has 0 radical (unpaired) electrons. The molecule has 0 spiro atoms. The summed E-state index contributed by atoms with van der Waals surface area (Å²) in [6.07, 6.45) is 0. The zero-order valence-electron chi connectivity index (χ0n) is 13.8. The molecule has 0 bridgehead atoms. The van der Waals surface area contributed by atoms with Crippen LogP contribution in [-0.2, 0) is 0 Å². The van der Waals surface area contributed by atoms with E-state index in [-0.39, 0.29) is 12.1 Å². The largest absolute Gasteiger partial charge is 0.367 e. The van der Waals surface area contributed by atoms with Gasteiger partial charge >= 0.3 is 6.03 Å². The highest BCUT2D eigenvalue weighted by Crippen LogP contribution is 2.26. The molecule has 0 aromatic heterocycles. The number of para-hydroxylation sites is 1. The van der Waals surface area contributed by atoms with Crippen LogP contribution in [0, 0.1) is 0 Å². The van der Waals surface area contributed by atoms with E-state index < -0.39 is 0 Å². The van der Waals surface area contributed by atoms with E-state index >= 15 is 0 Å². The third-order valence-corrected chi connectivity index (χ3v) is 4.72. The summed E-state index contributed by atoms with van der Waals surface area (Å²) < 4.78 is 0. The van der Waals surface area contributed by atoms with E-state index in [0.29, 0.717) is 13.1 Å². The predicted molar refractivity (Wildman–Crippen MR) is 98.6 cm³/mol. The van der Waals surface area contributed by atoms with Gasteiger partial charge in [-0.1, -0.05) is 54.1 Å². The number of amides is 2. The summed E-state index contributed by atoms with van der Waals surface area (Å²) in [5, 5.41) is 3.83. The van der Waals surface area contributed by atoms with Gasteiger partial charge in [0.15, 0.2) is 0 Å². The van der Waals surface area contributed by atoms with E-state index in [1.807, 2.05) is 66.4 Å². The Hall–Kier alpha value is -2.20. The molecule has 1 N–H and O–H groups in total. The zero-order valence-corrected chi connectivity index (χ0v) is 14.5. The van der Waals surface area contributed by atoms with Crippen molar-refractivity contribution >= 4 is 23.3 Å². The Kier molecular flexibility index (Phi) is 5.26. The van der Waals surface area contributed by atoms with Crippen LogP contribution in [0.4, 0.5) is 10.5 Å². The van der Waals surface area contributed by atoms with Crippen LogP contribution in [0.2, 0.25) is 5.02 Å². The second kappa shape index (κ2) is 7.58. The molecule has 1 saturated heterocycles. The Bertz CT molecular complexity index is 684. The number of benzene rings is 2. The van der Waals surface area contributed by atoms with Crippen LogP contribution in [0.15, 0.2) is 54.6 Å². The maximum Gasteiger partial charge on any atom is 0.317 e. The third-order valence-electron chi connectivity index (χ3n) is 4.40. The second-order valence-electron chi connectivity index (χ2n) is 6.01. The van der Waals surface area contributed by atoms with Gasteiger partial charge in [-0.2, -0.15) is 0 Å². The minimum atomic E-state index is -0.00911. The molecule has 2 aromatic carbocycles. The van der Waals surface area contributed by atoms with Crippen molar-refractivity contribution in [2.75, 3.05) is 31.1 Å². The molecule has 1 fully saturated rings. The summed E-state index contributed by atoms with van der Waals surface area (Å²) >= 11 is 6.26. The van der Waals surface area contributed by atoms with Gasteiger partial charge in [0.05, 0.1) is 16.8 Å². The van der Waals surface area contributed by atoms with Gasteiger partial charge in [0.2, 0.25) is 0 Å². The Morgan fingerprint density at radius 3 is 2.29 bits per heavy atom. The molecular weight excluding hydrogens is 322 g/mol. The van der Waals surface area contributed by atoms with Gasteiger partial charge in [0, 0.05) is 26.2 Å². The van der Waals surface area contributed by atoms with Crippen molar-refractivity contribution in [1.82, 2.24) is 10.2 Å². The smallest absolute Gasteiger partial charge is 0.317 e. The van der Waals surface area contributed by atoms with Gasteiger partial charge in [0.25, 0.3) is 0 Å². The van der Waals surface area contributed by atoms with Crippen molar-refractivity contribution in [3.05, 3.63) is 65.2 Å². The first kappa shape index (κ1) is 16.7. The lowest BCUT2D eigenvalue weighted by molar-refractivity contribution is 0.191. The first-order valence-corrected chi connectivity index (χ1v) is 8.63. The molecule has 1 atom stereocenters. The molecule has 1 heterocycles. The van der Waals surface area contributed by atoms with Crippen LogP contribution in [0.25, 0.3) is 0 Å². The number of anilines is 1. The Morgan fingerprint density at radius 1 is 1.00 bits per heavy atom. The minimum absolute atomic E-state index is 0.000275. The molecule has 126 valence electrons. The standard InChI is InChI=1S/C19H22ClN3O/c1-15(16-7-3-2-4-8-16)21-19(24)23-13-11-22(12-14-23)18-10-6-5-9-17(18)20/h2-10,15H,11-14H2,1H3,(H,21,24). The zero-order chi connectivity index (χ0) is 16.9. The molecule has 4 nitrogen and oxygen atoms in total. The van der Waals surface area contributed by atoms with Crippen molar-refractivity contribution in [3.8, 4) is 0 Å². The summed E-state index contributed by atoms with van der Waals surface area (Å²) in [4.78, 5) is 16.6. The number of hydrogen-bond donors (Lipinski definition) is 1. The number of nitrogens with one attached hydrogen (secondary N) is 1. The third kappa shape index (κ3) is 3.82. The number of carbonyl (C=O) groups is 1. The fourth-order valence-corrected chi connectivity index (χ4v) is 3.22. The average Bonchev–Trinajstić information content (AvgIpc) is 2.63. The van der Waals surface area contributed by atoms with E-state index in [1.54, 1.807) is 0 Å². The molecule has 2 amide bonds. The molecule has 24 heavy (non-hydrogen) atoms. The molecule has 1 unspecified atom stereocenters. The van der Waals surface area contributed by atoms with Gasteiger partial charge in [-0.25, -0.2) is 4.79 Å². The number of halogens is 1. The van der Waals surface area contributed by atoms with Crippen molar-refractivity contribution in [2.24, 2.45) is 0 Å². The summed E-state index contributed by atoms with van der Waals surface area (Å²) in [6.45, 7) is 4.97. The summed E-state index contributed by atoms with van der Waals surface area (Å²) in [5.74, 6) is 0. The molecule has 0 aliphatic carbocycles. The number of rotatable bonds is 3. The molecule has 2 aromatic rings. The van der Waals surface area contributed by atoms with Gasteiger partial charge in [-0.3, -0.25) is 0 Å². The van der Waals surface area contributed by atoms with Crippen molar-refractivity contribution in [1.29, 1.82) is 0 Å². The quantitative estimate of drug-likeness (QED) is 0.916. The van der Waals surface area contributed by atoms with Crippen LogP contribution < -0.4 is 10.2 Å². The molecular formula is C19H22ClN3O. The highest BCUT2D eigenvalue weighted by atomic mass is 35.5. The number of urea groups is 1. The van der Waals surface area contributed by atoms with E-state index in [2.05, 4.69) is 10.2 Å². The summed E-state index contributed by atoms with van der Waals surface area (Å²) in [7, 11) is 0. The molecule has 5 heteroatoms. The maximum atomic E-state index is 12.5. The van der Waals surface area contributed by atoms with Crippen molar-refractivity contribution < 1.29 is 4.79 Å². The average molecular weight is 344 g/mol. The first-order chi connectivity index (χ1) is 11.6.